The van der Waals surface area contributed by atoms with Gasteiger partial charge in [0.15, 0.2) is 0 Å². The SMILES string of the molecule is Nc1cc[c-]c(C(=O)O)c1.[W]. The molecule has 58 valence electrons. The molecule has 0 saturated carbocycles. The Morgan fingerprint density at radius 2 is 2.27 bits per heavy atom. The van der Waals surface area contributed by atoms with Crippen LogP contribution in [0.2, 0.25) is 0 Å². The quantitative estimate of drug-likeness (QED) is 0.593. The zero-order chi connectivity index (χ0) is 7.56. The molecule has 0 fully saturated rings. The normalized spacial score (nSPS) is 8.36. The first-order chi connectivity index (χ1) is 4.70. The van der Waals surface area contributed by atoms with Gasteiger partial charge in [-0.3, -0.25) is 0 Å². The van der Waals surface area contributed by atoms with E-state index in [0.29, 0.717) is 5.69 Å². The Morgan fingerprint density at radius 3 is 2.64 bits per heavy atom. The van der Waals surface area contributed by atoms with Gasteiger partial charge in [-0.2, -0.15) is 0 Å². The van der Waals surface area contributed by atoms with E-state index in [4.69, 9.17) is 10.8 Å². The zero-order valence-electron chi connectivity index (χ0n) is 5.57. The summed E-state index contributed by atoms with van der Waals surface area (Å²) in [6.45, 7) is 0. The molecule has 3 nitrogen and oxygen atoms in total. The van der Waals surface area contributed by atoms with E-state index in [1.165, 1.54) is 12.1 Å². The van der Waals surface area contributed by atoms with Crippen molar-refractivity contribution in [3.05, 3.63) is 29.8 Å². The van der Waals surface area contributed by atoms with Crippen LogP contribution >= 0.6 is 0 Å². The number of anilines is 1. The number of aromatic carboxylic acids is 1. The molecule has 1 aromatic rings. The molecule has 1 aromatic carbocycles. The van der Waals surface area contributed by atoms with Gasteiger partial charge >= 0.3 is 0 Å². The monoisotopic (exact) mass is 320 g/mol. The van der Waals surface area contributed by atoms with E-state index in [0.717, 1.165) is 0 Å². The van der Waals surface area contributed by atoms with Crippen LogP contribution in [0.25, 0.3) is 0 Å². The number of hydrogen-bond acceptors (Lipinski definition) is 2. The van der Waals surface area contributed by atoms with E-state index in [1.807, 2.05) is 0 Å². The number of benzene rings is 1. The van der Waals surface area contributed by atoms with E-state index in [2.05, 4.69) is 6.07 Å². The summed E-state index contributed by atoms with van der Waals surface area (Å²) in [5, 5.41) is 8.42. The Kier molecular flexibility index (Phi) is 3.83. The summed E-state index contributed by atoms with van der Waals surface area (Å²) in [6.07, 6.45) is 0. The molecule has 0 aliphatic carbocycles. The van der Waals surface area contributed by atoms with Crippen molar-refractivity contribution in [1.82, 2.24) is 0 Å². The molecule has 0 unspecified atom stereocenters. The second kappa shape index (κ2) is 4.14. The molecular formula is C7H6NO2W-. The topological polar surface area (TPSA) is 63.3 Å². The van der Waals surface area contributed by atoms with E-state index < -0.39 is 5.97 Å². The van der Waals surface area contributed by atoms with E-state index in [-0.39, 0.29) is 26.6 Å². The van der Waals surface area contributed by atoms with Crippen LogP contribution in [0.1, 0.15) is 10.4 Å². The van der Waals surface area contributed by atoms with Gasteiger partial charge in [0.05, 0.1) is 0 Å². The van der Waals surface area contributed by atoms with E-state index in [1.54, 1.807) is 6.07 Å². The Hall–Kier alpha value is -0.822. The predicted octanol–water partition coefficient (Wildman–Crippen LogP) is 0.765. The molecule has 0 aliphatic rings. The van der Waals surface area contributed by atoms with Crippen LogP contribution in [0.5, 0.6) is 0 Å². The molecular weight excluding hydrogens is 314 g/mol. The van der Waals surface area contributed by atoms with Crippen LogP contribution in [-0.2, 0) is 21.1 Å². The summed E-state index contributed by atoms with van der Waals surface area (Å²) in [6, 6.07) is 6.97. The largest absolute Gasteiger partial charge is 0.521 e. The van der Waals surface area contributed by atoms with Gasteiger partial charge in [0.2, 0.25) is 5.97 Å². The van der Waals surface area contributed by atoms with Crippen molar-refractivity contribution in [2.24, 2.45) is 0 Å². The molecule has 1 rings (SSSR count). The molecule has 3 N–H and O–H groups in total. The molecule has 11 heavy (non-hydrogen) atoms. The third-order valence-corrected chi connectivity index (χ3v) is 1.06. The van der Waals surface area contributed by atoms with Crippen LogP contribution in [0, 0.1) is 6.07 Å². The third kappa shape index (κ3) is 2.72. The molecule has 0 atom stereocenters. The van der Waals surface area contributed by atoms with Gasteiger partial charge in [-0.25, -0.2) is 0 Å². The van der Waals surface area contributed by atoms with Crippen molar-refractivity contribution < 1.29 is 31.0 Å². The molecule has 0 heterocycles. The first kappa shape index (κ1) is 10.2. The maximum absolute atomic E-state index is 10.3. The maximum atomic E-state index is 10.3. The Morgan fingerprint density at radius 1 is 1.64 bits per heavy atom. The number of hydrogen-bond donors (Lipinski definition) is 2. The van der Waals surface area contributed by atoms with Gasteiger partial charge < -0.3 is 15.6 Å². The standard InChI is InChI=1S/C7H6NO2.W/c8-6-3-1-2-5(4-6)7(9)10;/h1,3-4H,8H2,(H,9,10);/q-1;. The van der Waals surface area contributed by atoms with Gasteiger partial charge in [-0.05, 0) is 0 Å². The number of rotatable bonds is 1. The van der Waals surface area contributed by atoms with Crippen LogP contribution < -0.4 is 5.73 Å². The minimum absolute atomic E-state index is 0. The summed E-state index contributed by atoms with van der Waals surface area (Å²) in [4.78, 5) is 10.3. The molecule has 0 aromatic heterocycles. The van der Waals surface area contributed by atoms with Gasteiger partial charge in [-0.15, -0.1) is 24.3 Å². The zero-order valence-corrected chi connectivity index (χ0v) is 8.51. The Labute approximate surface area is 78.5 Å². The first-order valence-corrected chi connectivity index (χ1v) is 2.70. The summed E-state index contributed by atoms with van der Waals surface area (Å²) < 4.78 is 0. The number of nitrogen functional groups attached to an aromatic ring is 1. The molecule has 0 amide bonds. The fourth-order valence-electron chi connectivity index (χ4n) is 0.608. The number of carboxylic acids is 1. The number of carboxylic acid groups (broad SMARTS) is 1. The van der Waals surface area contributed by atoms with Crippen molar-refractivity contribution in [1.29, 1.82) is 0 Å². The minimum Gasteiger partial charge on any atom is -0.521 e. The van der Waals surface area contributed by atoms with Crippen LogP contribution in [0.4, 0.5) is 5.69 Å². The van der Waals surface area contributed by atoms with Gasteiger partial charge in [-0.1, -0.05) is 11.3 Å². The Bertz CT molecular complexity index is 262. The summed E-state index contributed by atoms with van der Waals surface area (Å²) >= 11 is 0. The number of carbonyl (C=O) groups is 1. The van der Waals surface area contributed by atoms with Crippen molar-refractivity contribution in [2.45, 2.75) is 0 Å². The van der Waals surface area contributed by atoms with E-state index >= 15 is 0 Å². The molecule has 0 radical (unpaired) electrons. The van der Waals surface area contributed by atoms with Gasteiger partial charge in [0.1, 0.15) is 0 Å². The third-order valence-electron chi connectivity index (χ3n) is 1.06. The molecule has 0 bridgehead atoms. The average Bonchev–Trinajstić information content (AvgIpc) is 1.88. The van der Waals surface area contributed by atoms with Crippen LogP contribution in [0.15, 0.2) is 18.2 Å². The van der Waals surface area contributed by atoms with Gasteiger partial charge in [0, 0.05) is 21.1 Å². The summed E-state index contributed by atoms with van der Waals surface area (Å²) in [7, 11) is 0. The second-order valence-corrected chi connectivity index (χ2v) is 1.84. The van der Waals surface area contributed by atoms with Gasteiger partial charge in [0.25, 0.3) is 0 Å². The van der Waals surface area contributed by atoms with Crippen molar-refractivity contribution >= 4 is 11.7 Å². The molecule has 0 saturated heterocycles. The van der Waals surface area contributed by atoms with Crippen molar-refractivity contribution in [3.8, 4) is 0 Å². The predicted molar refractivity (Wildman–Crippen MR) is 36.6 cm³/mol. The Balaban J connectivity index is 0.000001000. The minimum atomic E-state index is -1.01. The molecule has 4 heteroatoms. The van der Waals surface area contributed by atoms with Crippen LogP contribution in [0.3, 0.4) is 0 Å². The number of nitrogens with two attached hydrogens (primary N) is 1. The maximum Gasteiger partial charge on any atom is 0.247 e. The first-order valence-electron chi connectivity index (χ1n) is 2.70. The summed E-state index contributed by atoms with van der Waals surface area (Å²) in [5.41, 5.74) is 5.85. The average molecular weight is 320 g/mol. The van der Waals surface area contributed by atoms with Crippen LogP contribution in [-0.4, -0.2) is 11.1 Å². The smallest absolute Gasteiger partial charge is 0.247 e. The van der Waals surface area contributed by atoms with Crippen molar-refractivity contribution in [2.75, 3.05) is 5.73 Å². The molecule has 0 aliphatic heterocycles. The van der Waals surface area contributed by atoms with E-state index in [9.17, 15) is 4.79 Å². The van der Waals surface area contributed by atoms with Crippen molar-refractivity contribution in [3.63, 3.8) is 0 Å². The fraction of sp³-hybridized carbons (Fsp3) is 0. The molecule has 0 spiro atoms. The summed E-state index contributed by atoms with van der Waals surface area (Å²) in [5.74, 6) is -1.01. The second-order valence-electron chi connectivity index (χ2n) is 1.84. The fourth-order valence-corrected chi connectivity index (χ4v) is 0.608.